The van der Waals surface area contributed by atoms with Gasteiger partial charge in [-0.1, -0.05) is 35.0 Å². The van der Waals surface area contributed by atoms with Crippen LogP contribution < -0.4 is 10.5 Å². The molecule has 1 aromatic carbocycles. The lowest BCUT2D eigenvalue weighted by molar-refractivity contribution is 0.318. The molecule has 9 heteroatoms. The smallest absolute Gasteiger partial charge is 0.250 e. The Morgan fingerprint density at radius 2 is 2.14 bits per heavy atom. The monoisotopic (exact) mass is 345 g/mol. The summed E-state index contributed by atoms with van der Waals surface area (Å²) in [5, 5.41) is 11.5. The van der Waals surface area contributed by atoms with Crippen LogP contribution in [0.4, 0.5) is 0 Å². The predicted molar refractivity (Wildman–Crippen MR) is 82.3 cm³/mol. The van der Waals surface area contributed by atoms with Crippen LogP contribution in [0.1, 0.15) is 11.1 Å². The Labute approximate surface area is 130 Å². The number of hydrogen-bond acceptors (Lipinski definition) is 5. The van der Waals surface area contributed by atoms with E-state index in [0.29, 0.717) is 15.5 Å². The van der Waals surface area contributed by atoms with E-state index in [9.17, 15) is 8.42 Å². The zero-order valence-electron chi connectivity index (χ0n) is 10.7. The average Bonchev–Trinajstić information content (AvgIpc) is 2.92. The molecule has 2 rings (SSSR count). The SMILES string of the molecule is NC(=NO)c1cccc(CNS(=O)(=O)c2ccc(Cl)s2)c1. The molecule has 1 aromatic heterocycles. The summed E-state index contributed by atoms with van der Waals surface area (Å²) < 4.78 is 27.1. The van der Waals surface area contributed by atoms with Crippen molar-refractivity contribution in [3.8, 4) is 0 Å². The molecule has 21 heavy (non-hydrogen) atoms. The summed E-state index contributed by atoms with van der Waals surface area (Å²) in [5.41, 5.74) is 6.68. The van der Waals surface area contributed by atoms with Crippen LogP contribution in [0.3, 0.4) is 0 Å². The first-order chi connectivity index (χ1) is 9.92. The van der Waals surface area contributed by atoms with Gasteiger partial charge in [0.2, 0.25) is 10.0 Å². The van der Waals surface area contributed by atoms with E-state index < -0.39 is 10.0 Å². The number of halogens is 1. The number of thiophene rings is 1. The molecule has 0 radical (unpaired) electrons. The Morgan fingerprint density at radius 1 is 1.38 bits per heavy atom. The number of sulfonamides is 1. The lowest BCUT2D eigenvalue weighted by Gasteiger charge is -2.06. The highest BCUT2D eigenvalue weighted by atomic mass is 35.5. The molecule has 1 heterocycles. The van der Waals surface area contributed by atoms with Gasteiger partial charge in [0.05, 0.1) is 4.34 Å². The lowest BCUT2D eigenvalue weighted by atomic mass is 10.1. The molecular weight excluding hydrogens is 334 g/mol. The normalized spacial score (nSPS) is 12.5. The summed E-state index contributed by atoms with van der Waals surface area (Å²) >= 11 is 6.72. The second-order valence-corrected chi connectivity index (χ2v) is 7.78. The van der Waals surface area contributed by atoms with Crippen LogP contribution in [0.25, 0.3) is 0 Å². The maximum Gasteiger partial charge on any atom is 0.250 e. The van der Waals surface area contributed by atoms with Crippen LogP contribution in [-0.4, -0.2) is 19.5 Å². The van der Waals surface area contributed by atoms with E-state index in [-0.39, 0.29) is 16.6 Å². The second kappa shape index (κ2) is 6.44. The molecular formula is C12H12ClN3O3S2. The van der Waals surface area contributed by atoms with Crippen molar-refractivity contribution >= 4 is 38.8 Å². The van der Waals surface area contributed by atoms with Crippen molar-refractivity contribution in [2.75, 3.05) is 0 Å². The molecule has 2 aromatic rings. The third kappa shape index (κ3) is 3.94. The number of nitrogens with zero attached hydrogens (tertiary/aromatic N) is 1. The standard InChI is InChI=1S/C12H12ClN3O3S2/c13-10-4-5-11(20-10)21(18,19)15-7-8-2-1-3-9(6-8)12(14)16-17/h1-6,15,17H,7H2,(H2,14,16). The number of rotatable bonds is 5. The Morgan fingerprint density at radius 3 is 2.76 bits per heavy atom. The van der Waals surface area contributed by atoms with Crippen molar-refractivity contribution in [1.82, 2.24) is 4.72 Å². The zero-order chi connectivity index (χ0) is 15.5. The van der Waals surface area contributed by atoms with Crippen molar-refractivity contribution < 1.29 is 13.6 Å². The minimum absolute atomic E-state index is 0.0373. The van der Waals surface area contributed by atoms with Crippen molar-refractivity contribution in [3.63, 3.8) is 0 Å². The van der Waals surface area contributed by atoms with E-state index in [4.69, 9.17) is 22.5 Å². The number of amidine groups is 1. The Hall–Kier alpha value is -1.61. The van der Waals surface area contributed by atoms with Gasteiger partial charge < -0.3 is 10.9 Å². The molecule has 0 aliphatic rings. The summed E-state index contributed by atoms with van der Waals surface area (Å²) in [5.74, 6) is -0.0373. The highest BCUT2D eigenvalue weighted by Crippen LogP contribution is 2.25. The van der Waals surface area contributed by atoms with Crippen molar-refractivity contribution in [2.45, 2.75) is 10.8 Å². The zero-order valence-corrected chi connectivity index (χ0v) is 13.0. The summed E-state index contributed by atoms with van der Waals surface area (Å²) in [6.45, 7) is 0.0877. The van der Waals surface area contributed by atoms with Gasteiger partial charge in [-0.3, -0.25) is 0 Å². The van der Waals surface area contributed by atoms with Gasteiger partial charge in [0.1, 0.15) is 4.21 Å². The molecule has 0 unspecified atom stereocenters. The molecule has 6 nitrogen and oxygen atoms in total. The molecule has 0 aliphatic carbocycles. The first kappa shape index (κ1) is 15.8. The Bertz CT molecular complexity index is 772. The summed E-state index contributed by atoms with van der Waals surface area (Å²) in [7, 11) is -3.60. The second-order valence-electron chi connectivity index (χ2n) is 4.07. The van der Waals surface area contributed by atoms with E-state index >= 15 is 0 Å². The third-order valence-corrected chi connectivity index (χ3v) is 5.73. The quantitative estimate of drug-likeness (QED) is 0.333. The van der Waals surface area contributed by atoms with Crippen LogP contribution >= 0.6 is 22.9 Å². The maximum atomic E-state index is 12.0. The largest absolute Gasteiger partial charge is 0.409 e. The molecule has 0 spiro atoms. The first-order valence-electron chi connectivity index (χ1n) is 5.74. The number of nitrogens with two attached hydrogens (primary N) is 1. The highest BCUT2D eigenvalue weighted by molar-refractivity contribution is 7.91. The molecule has 4 N–H and O–H groups in total. The van der Waals surface area contributed by atoms with E-state index in [2.05, 4.69) is 9.88 Å². The number of benzene rings is 1. The molecule has 0 aliphatic heterocycles. The first-order valence-corrected chi connectivity index (χ1v) is 8.42. The lowest BCUT2D eigenvalue weighted by Crippen LogP contribution is -2.22. The van der Waals surface area contributed by atoms with Crippen LogP contribution in [0.2, 0.25) is 4.34 Å². The van der Waals surface area contributed by atoms with Gasteiger partial charge in [-0.2, -0.15) is 0 Å². The number of hydrogen-bond donors (Lipinski definition) is 3. The minimum Gasteiger partial charge on any atom is -0.409 e. The van der Waals surface area contributed by atoms with Crippen LogP contribution in [0, 0.1) is 0 Å². The van der Waals surface area contributed by atoms with Crippen LogP contribution in [0.15, 0.2) is 45.8 Å². The van der Waals surface area contributed by atoms with Crippen molar-refractivity contribution in [2.24, 2.45) is 10.9 Å². The third-order valence-electron chi connectivity index (χ3n) is 2.61. The van der Waals surface area contributed by atoms with Crippen molar-refractivity contribution in [3.05, 3.63) is 51.9 Å². The van der Waals surface area contributed by atoms with Gasteiger partial charge in [0, 0.05) is 12.1 Å². The van der Waals surface area contributed by atoms with Gasteiger partial charge in [-0.15, -0.1) is 11.3 Å². The molecule has 0 saturated heterocycles. The fourth-order valence-electron chi connectivity index (χ4n) is 1.59. The summed E-state index contributed by atoms with van der Waals surface area (Å²) in [6.07, 6.45) is 0. The maximum absolute atomic E-state index is 12.0. The molecule has 0 bridgehead atoms. The predicted octanol–water partition coefficient (Wildman–Crippen LogP) is 1.97. The topological polar surface area (TPSA) is 105 Å². The van der Waals surface area contributed by atoms with Gasteiger partial charge >= 0.3 is 0 Å². The molecule has 0 amide bonds. The fraction of sp³-hybridized carbons (Fsp3) is 0.0833. The Kier molecular flexibility index (Phi) is 4.84. The van der Waals surface area contributed by atoms with Crippen LogP contribution in [0.5, 0.6) is 0 Å². The van der Waals surface area contributed by atoms with E-state index in [1.807, 2.05) is 0 Å². The van der Waals surface area contributed by atoms with E-state index in [1.54, 1.807) is 24.3 Å². The van der Waals surface area contributed by atoms with Gasteiger partial charge in [-0.05, 0) is 23.8 Å². The van der Waals surface area contributed by atoms with Gasteiger partial charge in [-0.25, -0.2) is 13.1 Å². The average molecular weight is 346 g/mol. The molecule has 112 valence electrons. The molecule has 0 atom stereocenters. The molecule has 0 fully saturated rings. The van der Waals surface area contributed by atoms with Gasteiger partial charge in [0.15, 0.2) is 5.84 Å². The number of oxime groups is 1. The molecule has 0 saturated carbocycles. The number of nitrogens with one attached hydrogen (secondary N) is 1. The minimum atomic E-state index is -3.60. The van der Waals surface area contributed by atoms with Crippen LogP contribution in [-0.2, 0) is 16.6 Å². The van der Waals surface area contributed by atoms with E-state index in [0.717, 1.165) is 11.3 Å². The van der Waals surface area contributed by atoms with Gasteiger partial charge in [0.25, 0.3) is 0 Å². The highest BCUT2D eigenvalue weighted by Gasteiger charge is 2.16. The Balaban J connectivity index is 2.13. The summed E-state index contributed by atoms with van der Waals surface area (Å²) in [4.78, 5) is 0. The fourth-order valence-corrected chi connectivity index (χ4v) is 4.13. The van der Waals surface area contributed by atoms with Crippen molar-refractivity contribution in [1.29, 1.82) is 0 Å². The summed E-state index contributed by atoms with van der Waals surface area (Å²) in [6, 6.07) is 9.70. The van der Waals surface area contributed by atoms with E-state index in [1.165, 1.54) is 12.1 Å².